The van der Waals surface area contributed by atoms with Crippen LogP contribution in [0.3, 0.4) is 0 Å². The van der Waals surface area contributed by atoms with E-state index in [1.165, 1.54) is 5.56 Å². The van der Waals surface area contributed by atoms with E-state index in [-0.39, 0.29) is 23.5 Å². The molecule has 180 valence electrons. The second-order valence-electron chi connectivity index (χ2n) is 9.57. The van der Waals surface area contributed by atoms with Crippen molar-refractivity contribution in [3.05, 3.63) is 53.1 Å². The molecule has 0 amide bonds. The van der Waals surface area contributed by atoms with Gasteiger partial charge in [-0.15, -0.1) is 5.11 Å². The quantitative estimate of drug-likeness (QED) is 0.602. The molecule has 1 aliphatic carbocycles. The first-order valence-electron chi connectivity index (χ1n) is 12.1. The summed E-state index contributed by atoms with van der Waals surface area (Å²) in [7, 11) is -4.04. The number of rotatable bonds is 5. The number of nitrogens with two attached hydrogens (primary N) is 2. The number of hydrogen-bond donors (Lipinski definition) is 3. The van der Waals surface area contributed by atoms with Crippen molar-refractivity contribution < 1.29 is 8.42 Å². The Hall–Kier alpha value is -2.46. The van der Waals surface area contributed by atoms with Gasteiger partial charge in [-0.1, -0.05) is 36.4 Å². The fraction of sp³-hybridized carbons (Fsp3) is 0.480. The molecule has 1 saturated heterocycles. The van der Waals surface area contributed by atoms with E-state index in [0.717, 1.165) is 68.3 Å². The van der Waals surface area contributed by atoms with Gasteiger partial charge >= 0.3 is 0 Å². The minimum atomic E-state index is -4.04. The summed E-state index contributed by atoms with van der Waals surface area (Å²) in [5, 5.41) is 17.4. The molecule has 34 heavy (non-hydrogen) atoms. The van der Waals surface area contributed by atoms with Gasteiger partial charge in [-0.2, -0.15) is 5.11 Å². The average Bonchev–Trinajstić information content (AvgIpc) is 3.39. The van der Waals surface area contributed by atoms with Crippen molar-refractivity contribution in [1.29, 1.82) is 0 Å². The van der Waals surface area contributed by atoms with Gasteiger partial charge in [-0.05, 0) is 85.7 Å². The van der Waals surface area contributed by atoms with Gasteiger partial charge in [-0.3, -0.25) is 0 Å². The summed E-state index contributed by atoms with van der Waals surface area (Å²) in [6.45, 7) is 2.26. The predicted octanol–water partition coefficient (Wildman–Crippen LogP) is 3.62. The maximum atomic E-state index is 13.0. The molecule has 2 heterocycles. The van der Waals surface area contributed by atoms with Crippen LogP contribution in [0.5, 0.6) is 0 Å². The Balaban J connectivity index is 1.62. The monoisotopic (exact) mass is 480 g/mol. The van der Waals surface area contributed by atoms with Gasteiger partial charge in [0.15, 0.2) is 12.5 Å². The van der Waals surface area contributed by atoms with Gasteiger partial charge in [0.2, 0.25) is 10.0 Å². The minimum Gasteiger partial charge on any atom is -0.328 e. The van der Waals surface area contributed by atoms with E-state index in [4.69, 9.17) is 10.9 Å². The smallest absolute Gasteiger partial charge is 0.239 e. The van der Waals surface area contributed by atoms with Gasteiger partial charge in [0.05, 0.1) is 4.90 Å². The third kappa shape index (κ3) is 4.70. The summed E-state index contributed by atoms with van der Waals surface area (Å²) >= 11 is 0. The number of primary sulfonamides is 1. The second-order valence-corrected chi connectivity index (χ2v) is 11.1. The minimum absolute atomic E-state index is 0.0853. The van der Waals surface area contributed by atoms with Crippen molar-refractivity contribution in [3.63, 3.8) is 0 Å². The van der Waals surface area contributed by atoms with E-state index in [9.17, 15) is 8.42 Å². The van der Waals surface area contributed by atoms with Gasteiger partial charge in [0, 0.05) is 11.6 Å². The predicted molar refractivity (Wildman–Crippen MR) is 134 cm³/mol. The van der Waals surface area contributed by atoms with E-state index in [1.54, 1.807) is 0 Å². The summed E-state index contributed by atoms with van der Waals surface area (Å²) < 4.78 is 26.0. The number of azo groups is 1. The summed E-state index contributed by atoms with van der Waals surface area (Å²) in [6.07, 6.45) is 5.65. The molecule has 8 nitrogen and oxygen atoms in total. The zero-order chi connectivity index (χ0) is 23.7. The van der Waals surface area contributed by atoms with Crippen molar-refractivity contribution in [1.82, 2.24) is 5.32 Å². The van der Waals surface area contributed by atoms with E-state index in [2.05, 4.69) is 44.8 Å². The Labute approximate surface area is 201 Å². The van der Waals surface area contributed by atoms with Crippen molar-refractivity contribution in [2.75, 3.05) is 19.8 Å². The Morgan fingerprint density at radius 1 is 0.882 bits per heavy atom. The lowest BCUT2D eigenvalue weighted by atomic mass is 9.80. The largest absolute Gasteiger partial charge is 0.328 e. The van der Waals surface area contributed by atoms with Gasteiger partial charge in [0.1, 0.15) is 0 Å². The second kappa shape index (κ2) is 9.65. The van der Waals surface area contributed by atoms with Crippen LogP contribution in [0.1, 0.15) is 67.1 Å². The maximum absolute atomic E-state index is 13.0. The van der Waals surface area contributed by atoms with Gasteiger partial charge < -0.3 is 11.1 Å². The first-order valence-corrected chi connectivity index (χ1v) is 13.6. The van der Waals surface area contributed by atoms with Crippen molar-refractivity contribution in [3.8, 4) is 11.1 Å². The van der Waals surface area contributed by atoms with Crippen molar-refractivity contribution in [2.24, 2.45) is 26.1 Å². The van der Waals surface area contributed by atoms with Crippen LogP contribution in [0.15, 0.2) is 56.5 Å². The van der Waals surface area contributed by atoms with Crippen LogP contribution in [0.2, 0.25) is 0 Å². The SMILES string of the molecule is NC1CCC(c2ccc(-c3ccc(C4CCNCC4)cc3)c(C3=NCN=N3)c2S(N)(=O)=O)CC1. The first kappa shape index (κ1) is 23.3. The first-order chi connectivity index (χ1) is 16.4. The number of amidine groups is 1. The number of sulfonamides is 1. The topological polar surface area (TPSA) is 135 Å². The standard InChI is InChI=1S/C25H32N6O2S/c26-20-7-5-19(6-8-20)22-10-9-21(23(24(22)34(27,32)33)25-29-15-30-31-25)18-3-1-16(2-4-18)17-11-13-28-14-12-17/h1-4,9-10,17,19-20,28H,5-8,11-15,26H2,(H2,27,32,33). The molecule has 9 heteroatoms. The van der Waals surface area contributed by atoms with Crippen LogP contribution in [-0.4, -0.2) is 40.1 Å². The summed E-state index contributed by atoms with van der Waals surface area (Å²) in [5.41, 5.74) is 10.3. The van der Waals surface area contributed by atoms with Crippen LogP contribution in [0, 0.1) is 0 Å². The molecule has 5 rings (SSSR count). The molecule has 0 atom stereocenters. The molecule has 2 aromatic carbocycles. The molecule has 5 N–H and O–H groups in total. The molecule has 0 spiro atoms. The fourth-order valence-corrected chi connectivity index (χ4v) is 6.62. The Kier molecular flexibility index (Phi) is 6.61. The Morgan fingerprint density at radius 2 is 1.59 bits per heavy atom. The number of benzene rings is 2. The van der Waals surface area contributed by atoms with E-state index < -0.39 is 10.0 Å². The molecule has 1 saturated carbocycles. The summed E-state index contributed by atoms with van der Waals surface area (Å²) in [4.78, 5) is 4.52. The van der Waals surface area contributed by atoms with E-state index in [1.807, 2.05) is 12.1 Å². The molecule has 2 aliphatic heterocycles. The normalized spacial score (nSPS) is 23.8. The Morgan fingerprint density at radius 3 is 2.21 bits per heavy atom. The number of hydrogen-bond acceptors (Lipinski definition) is 7. The highest BCUT2D eigenvalue weighted by molar-refractivity contribution is 7.89. The zero-order valence-corrected chi connectivity index (χ0v) is 20.1. The molecular weight excluding hydrogens is 448 g/mol. The third-order valence-corrected chi connectivity index (χ3v) is 8.40. The van der Waals surface area contributed by atoms with Crippen LogP contribution in [0.4, 0.5) is 0 Å². The molecular formula is C25H32N6O2S. The number of piperidine rings is 1. The lowest BCUT2D eigenvalue weighted by Gasteiger charge is -2.29. The molecule has 0 radical (unpaired) electrons. The number of nitrogens with one attached hydrogen (secondary N) is 1. The molecule has 3 aliphatic rings. The van der Waals surface area contributed by atoms with E-state index in [0.29, 0.717) is 17.3 Å². The highest BCUT2D eigenvalue weighted by atomic mass is 32.2. The Bertz CT molecular complexity index is 1210. The van der Waals surface area contributed by atoms with Crippen LogP contribution < -0.4 is 16.2 Å². The fourth-order valence-electron chi connectivity index (χ4n) is 5.57. The van der Waals surface area contributed by atoms with Crippen LogP contribution in [0.25, 0.3) is 11.1 Å². The third-order valence-electron chi connectivity index (χ3n) is 7.39. The molecule has 0 bridgehead atoms. The van der Waals surface area contributed by atoms with Crippen LogP contribution in [-0.2, 0) is 10.0 Å². The highest BCUT2D eigenvalue weighted by Gasteiger charge is 2.31. The summed E-state index contributed by atoms with van der Waals surface area (Å²) in [5.74, 6) is 0.959. The zero-order valence-electron chi connectivity index (χ0n) is 19.3. The van der Waals surface area contributed by atoms with Gasteiger partial charge in [0.25, 0.3) is 0 Å². The van der Waals surface area contributed by atoms with E-state index >= 15 is 0 Å². The average molecular weight is 481 g/mol. The molecule has 0 unspecified atom stereocenters. The van der Waals surface area contributed by atoms with Crippen LogP contribution >= 0.6 is 0 Å². The molecule has 2 aromatic rings. The highest BCUT2D eigenvalue weighted by Crippen LogP contribution is 2.41. The number of aliphatic imine (C=N–C) groups is 1. The summed E-state index contributed by atoms with van der Waals surface area (Å²) in [6, 6.07) is 12.5. The van der Waals surface area contributed by atoms with Crippen molar-refractivity contribution >= 4 is 15.9 Å². The number of nitrogens with zero attached hydrogens (tertiary/aromatic N) is 3. The van der Waals surface area contributed by atoms with Crippen molar-refractivity contribution in [2.45, 2.75) is 61.3 Å². The lowest BCUT2D eigenvalue weighted by molar-refractivity contribution is 0.392. The lowest BCUT2D eigenvalue weighted by Crippen LogP contribution is -2.27. The molecule has 2 fully saturated rings. The van der Waals surface area contributed by atoms with Gasteiger partial charge in [-0.25, -0.2) is 18.5 Å². The molecule has 0 aromatic heterocycles. The maximum Gasteiger partial charge on any atom is 0.239 e.